The molecule has 0 aliphatic heterocycles. The Morgan fingerprint density at radius 2 is 1.96 bits per heavy atom. The molecule has 2 rings (SSSR count). The van der Waals surface area contributed by atoms with Crippen LogP contribution in [0.5, 0.6) is 0 Å². The molecule has 1 amide bonds. The molecule has 0 bridgehead atoms. The van der Waals surface area contributed by atoms with Crippen molar-refractivity contribution in [1.82, 2.24) is 14.9 Å². The van der Waals surface area contributed by atoms with Crippen molar-refractivity contribution in [1.29, 1.82) is 0 Å². The predicted molar refractivity (Wildman–Crippen MR) is 81.1 cm³/mol. The van der Waals surface area contributed by atoms with E-state index in [1.165, 1.54) is 13.2 Å². The van der Waals surface area contributed by atoms with Crippen LogP contribution < -0.4 is 5.32 Å². The Morgan fingerprint density at radius 1 is 1.33 bits per heavy atom. The van der Waals surface area contributed by atoms with E-state index in [2.05, 4.69) is 10.3 Å². The fraction of sp³-hybridized carbons (Fsp3) is 0.333. The number of carbonyl (C=O) groups excluding carboxylic acids is 1. The molecule has 1 aromatic heterocycles. The summed E-state index contributed by atoms with van der Waals surface area (Å²) < 4.78 is 41.0. The highest BCUT2D eigenvalue weighted by molar-refractivity contribution is 6.30. The lowest BCUT2D eigenvalue weighted by atomic mass is 9.97. The molecule has 1 heterocycles. The monoisotopic (exact) mass is 361 g/mol. The molecule has 5 nitrogen and oxygen atoms in total. The highest BCUT2D eigenvalue weighted by Crippen LogP contribution is 2.40. The van der Waals surface area contributed by atoms with Crippen LogP contribution in [0.25, 0.3) is 0 Å². The SMILES string of the molecule is Cn1ccnc1C(O)(CC(=O)NCc1ccc(Cl)cc1)C(F)(F)F. The van der Waals surface area contributed by atoms with Gasteiger partial charge in [0.25, 0.3) is 0 Å². The molecule has 24 heavy (non-hydrogen) atoms. The van der Waals surface area contributed by atoms with Gasteiger partial charge in [-0.25, -0.2) is 4.98 Å². The maximum absolute atomic E-state index is 13.3. The van der Waals surface area contributed by atoms with Crippen molar-refractivity contribution in [3.8, 4) is 0 Å². The first kappa shape index (κ1) is 18.3. The number of hydrogen-bond donors (Lipinski definition) is 2. The second-order valence-electron chi connectivity index (χ2n) is 5.30. The first-order chi connectivity index (χ1) is 11.1. The number of carbonyl (C=O) groups is 1. The van der Waals surface area contributed by atoms with Crippen LogP contribution in [0.2, 0.25) is 5.02 Å². The zero-order chi connectivity index (χ0) is 18.0. The molecule has 9 heteroatoms. The van der Waals surface area contributed by atoms with Crippen LogP contribution in [0.1, 0.15) is 17.8 Å². The first-order valence-corrected chi connectivity index (χ1v) is 7.29. The molecule has 0 radical (unpaired) electrons. The molecule has 0 spiro atoms. The van der Waals surface area contributed by atoms with Crippen molar-refractivity contribution in [3.63, 3.8) is 0 Å². The normalized spacial score (nSPS) is 14.2. The summed E-state index contributed by atoms with van der Waals surface area (Å²) in [6.07, 6.45) is -3.85. The van der Waals surface area contributed by atoms with E-state index in [4.69, 9.17) is 11.6 Å². The number of alkyl halides is 3. The fourth-order valence-corrected chi connectivity index (χ4v) is 2.29. The molecule has 0 saturated heterocycles. The number of aromatic nitrogens is 2. The predicted octanol–water partition coefficient (Wildman–Crippen LogP) is 2.53. The molecule has 1 aromatic carbocycles. The van der Waals surface area contributed by atoms with Gasteiger partial charge in [0.1, 0.15) is 0 Å². The van der Waals surface area contributed by atoms with Gasteiger partial charge >= 0.3 is 6.18 Å². The molecule has 130 valence electrons. The largest absolute Gasteiger partial charge is 0.425 e. The summed E-state index contributed by atoms with van der Waals surface area (Å²) in [6, 6.07) is 6.47. The molecular weight excluding hydrogens is 347 g/mol. The number of amides is 1. The Bertz CT molecular complexity index is 715. The highest BCUT2D eigenvalue weighted by Gasteiger charge is 2.58. The Morgan fingerprint density at radius 3 is 2.46 bits per heavy atom. The van der Waals surface area contributed by atoms with E-state index in [9.17, 15) is 23.1 Å². The number of aryl methyl sites for hydroxylation is 1. The standard InChI is InChI=1S/C15H15ClF3N3O2/c1-22-7-6-20-13(22)14(24,15(17,18)19)8-12(23)21-9-10-2-4-11(16)5-3-10/h2-7,24H,8-9H2,1H3,(H,21,23). The smallest absolute Gasteiger partial charge is 0.374 e. The number of hydrogen-bond acceptors (Lipinski definition) is 3. The van der Waals surface area contributed by atoms with Gasteiger partial charge in [-0.1, -0.05) is 23.7 Å². The quantitative estimate of drug-likeness (QED) is 0.860. The average Bonchev–Trinajstić information content (AvgIpc) is 2.92. The number of aliphatic hydroxyl groups is 1. The van der Waals surface area contributed by atoms with Crippen LogP contribution in [-0.4, -0.2) is 26.7 Å². The van der Waals surface area contributed by atoms with Gasteiger partial charge in [-0.15, -0.1) is 0 Å². The summed E-state index contributed by atoms with van der Waals surface area (Å²) in [7, 11) is 1.31. The van der Waals surface area contributed by atoms with E-state index in [1.54, 1.807) is 24.3 Å². The van der Waals surface area contributed by atoms with E-state index < -0.39 is 29.9 Å². The Hall–Kier alpha value is -2.06. The van der Waals surface area contributed by atoms with E-state index in [0.29, 0.717) is 10.6 Å². The van der Waals surface area contributed by atoms with Gasteiger partial charge in [0.2, 0.25) is 11.5 Å². The third-order valence-corrected chi connectivity index (χ3v) is 3.73. The van der Waals surface area contributed by atoms with Crippen LogP contribution in [0.4, 0.5) is 13.2 Å². The zero-order valence-corrected chi connectivity index (χ0v) is 13.4. The summed E-state index contributed by atoms with van der Waals surface area (Å²) in [4.78, 5) is 15.5. The molecule has 2 aromatic rings. The lowest BCUT2D eigenvalue weighted by Gasteiger charge is -2.29. The van der Waals surface area contributed by atoms with Crippen LogP contribution >= 0.6 is 11.6 Å². The minimum Gasteiger partial charge on any atom is -0.374 e. The third kappa shape index (κ3) is 3.88. The summed E-state index contributed by atoms with van der Waals surface area (Å²) >= 11 is 5.73. The fourth-order valence-electron chi connectivity index (χ4n) is 2.17. The van der Waals surface area contributed by atoms with Gasteiger partial charge < -0.3 is 15.0 Å². The molecule has 1 atom stereocenters. The summed E-state index contributed by atoms with van der Waals surface area (Å²) in [6.45, 7) is 0.0184. The van der Waals surface area contributed by atoms with Crippen LogP contribution in [0.15, 0.2) is 36.7 Å². The summed E-state index contributed by atoms with van der Waals surface area (Å²) in [5.74, 6) is -1.59. The number of rotatable bonds is 5. The van der Waals surface area contributed by atoms with E-state index in [0.717, 1.165) is 10.8 Å². The van der Waals surface area contributed by atoms with Gasteiger partial charge in [0.15, 0.2) is 5.82 Å². The van der Waals surface area contributed by atoms with Crippen LogP contribution in [-0.2, 0) is 24.0 Å². The number of halogens is 4. The maximum Gasteiger partial charge on any atom is 0.425 e. The molecular formula is C15H15ClF3N3O2. The number of benzene rings is 1. The van der Waals surface area contributed by atoms with Crippen molar-refractivity contribution in [2.75, 3.05) is 0 Å². The topological polar surface area (TPSA) is 67.1 Å². The van der Waals surface area contributed by atoms with Crippen LogP contribution in [0.3, 0.4) is 0 Å². The van der Waals surface area contributed by atoms with E-state index in [-0.39, 0.29) is 6.54 Å². The third-order valence-electron chi connectivity index (χ3n) is 3.48. The Kier molecular flexibility index (Phi) is 5.19. The lowest BCUT2D eigenvalue weighted by molar-refractivity contribution is -0.271. The second-order valence-corrected chi connectivity index (χ2v) is 5.74. The summed E-state index contributed by atoms with van der Waals surface area (Å²) in [5.41, 5.74) is -2.70. The van der Waals surface area contributed by atoms with Gasteiger partial charge in [0.05, 0.1) is 6.42 Å². The number of nitrogens with one attached hydrogen (secondary N) is 1. The van der Waals surface area contributed by atoms with Crippen molar-refractivity contribution >= 4 is 17.5 Å². The first-order valence-electron chi connectivity index (χ1n) is 6.91. The molecule has 0 saturated carbocycles. The van der Waals surface area contributed by atoms with Gasteiger partial charge in [-0.2, -0.15) is 13.2 Å². The van der Waals surface area contributed by atoms with Gasteiger partial charge in [0, 0.05) is 31.0 Å². The summed E-state index contributed by atoms with van der Waals surface area (Å²) in [5, 5.41) is 13.0. The minimum atomic E-state index is -5.05. The average molecular weight is 362 g/mol. The van der Waals surface area contributed by atoms with Crippen LogP contribution in [0, 0.1) is 0 Å². The molecule has 2 N–H and O–H groups in total. The molecule has 0 aliphatic rings. The van der Waals surface area contributed by atoms with Crippen molar-refractivity contribution in [2.24, 2.45) is 7.05 Å². The Balaban J connectivity index is 2.11. The Labute approximate surface area is 141 Å². The number of imidazole rings is 1. The molecule has 0 aliphatic carbocycles. The van der Waals surface area contributed by atoms with E-state index >= 15 is 0 Å². The molecule has 1 unspecified atom stereocenters. The number of nitrogens with zero attached hydrogens (tertiary/aromatic N) is 2. The zero-order valence-electron chi connectivity index (χ0n) is 12.6. The highest BCUT2D eigenvalue weighted by atomic mass is 35.5. The van der Waals surface area contributed by atoms with Gasteiger partial charge in [-0.05, 0) is 17.7 Å². The maximum atomic E-state index is 13.3. The van der Waals surface area contributed by atoms with Crippen molar-refractivity contribution in [2.45, 2.75) is 24.7 Å². The lowest BCUT2D eigenvalue weighted by Crippen LogP contribution is -2.47. The second kappa shape index (κ2) is 6.82. The molecule has 0 fully saturated rings. The van der Waals surface area contributed by atoms with Crippen molar-refractivity contribution in [3.05, 3.63) is 53.1 Å². The minimum absolute atomic E-state index is 0.0184. The van der Waals surface area contributed by atoms with Crippen molar-refractivity contribution < 1.29 is 23.1 Å². The van der Waals surface area contributed by atoms with E-state index in [1.807, 2.05) is 0 Å². The van der Waals surface area contributed by atoms with Gasteiger partial charge in [-0.3, -0.25) is 4.79 Å².